The third-order valence-corrected chi connectivity index (χ3v) is 7.64. The first-order valence-electron chi connectivity index (χ1n) is 11.9. The SMILES string of the molecule is c1ccc2c(c1)B1c3ccccc3-c3c(ccc4ccccc34)N1c1ccc3ccccc3c1-2. The Bertz CT molecular complexity index is 1650. The van der Waals surface area contributed by atoms with E-state index in [0.717, 1.165) is 0 Å². The van der Waals surface area contributed by atoms with Crippen LogP contribution in [0.15, 0.2) is 121 Å². The average molecular weight is 429 g/mol. The molecule has 0 radical (unpaired) electrons. The number of rotatable bonds is 0. The van der Waals surface area contributed by atoms with Crippen molar-refractivity contribution in [1.82, 2.24) is 0 Å². The molecule has 0 spiro atoms. The van der Waals surface area contributed by atoms with Gasteiger partial charge in [-0.15, -0.1) is 0 Å². The standard InChI is InChI=1S/C32H20BN/c1-3-11-23-21(9-1)17-19-29-31(23)25-13-5-7-15-27(25)33-28-16-8-6-14-26(28)32-24-12-4-2-10-22(24)18-20-30(32)34(29)33/h1-20H. The van der Waals surface area contributed by atoms with Gasteiger partial charge in [-0.05, 0) is 55.7 Å². The topological polar surface area (TPSA) is 3.24 Å². The second-order valence-electron chi connectivity index (χ2n) is 9.31. The Labute approximate surface area is 199 Å². The van der Waals surface area contributed by atoms with Gasteiger partial charge in [-0.3, -0.25) is 0 Å². The lowest BCUT2D eigenvalue weighted by atomic mass is 9.43. The molecule has 0 amide bonds. The summed E-state index contributed by atoms with van der Waals surface area (Å²) in [6, 6.07) is 44.7. The van der Waals surface area contributed by atoms with Crippen LogP contribution in [0, 0.1) is 0 Å². The third-order valence-electron chi connectivity index (χ3n) is 7.64. The van der Waals surface area contributed by atoms with Crippen LogP contribution in [0.1, 0.15) is 0 Å². The largest absolute Gasteiger partial charge is 0.376 e. The lowest BCUT2D eigenvalue weighted by Crippen LogP contribution is -2.59. The van der Waals surface area contributed by atoms with E-state index in [-0.39, 0.29) is 6.85 Å². The van der Waals surface area contributed by atoms with Crippen molar-refractivity contribution in [2.24, 2.45) is 0 Å². The predicted molar refractivity (Wildman–Crippen MR) is 146 cm³/mol. The highest BCUT2D eigenvalue weighted by molar-refractivity contribution is 6.92. The fourth-order valence-corrected chi connectivity index (χ4v) is 6.27. The Morgan fingerprint density at radius 1 is 0.412 bits per heavy atom. The van der Waals surface area contributed by atoms with Gasteiger partial charge in [0.25, 0.3) is 0 Å². The smallest absolute Gasteiger partial charge is 0.329 e. The van der Waals surface area contributed by atoms with Gasteiger partial charge in [0.05, 0.1) is 0 Å². The first-order valence-corrected chi connectivity index (χ1v) is 11.9. The maximum Gasteiger partial charge on any atom is 0.329 e. The Morgan fingerprint density at radius 2 is 0.853 bits per heavy atom. The van der Waals surface area contributed by atoms with Crippen LogP contribution in [0.2, 0.25) is 0 Å². The summed E-state index contributed by atoms with van der Waals surface area (Å²) >= 11 is 0. The van der Waals surface area contributed by atoms with Gasteiger partial charge in [0.2, 0.25) is 0 Å². The van der Waals surface area contributed by atoms with Gasteiger partial charge in [-0.1, -0.05) is 109 Å². The molecule has 0 atom stereocenters. The number of benzene rings is 6. The average Bonchev–Trinajstić information content (AvgIpc) is 2.92. The summed E-state index contributed by atoms with van der Waals surface area (Å²) in [6.07, 6.45) is 0. The van der Waals surface area contributed by atoms with Gasteiger partial charge in [-0.25, -0.2) is 0 Å². The highest BCUT2D eigenvalue weighted by Crippen LogP contribution is 2.49. The van der Waals surface area contributed by atoms with Crippen molar-refractivity contribution in [3.05, 3.63) is 121 Å². The summed E-state index contributed by atoms with van der Waals surface area (Å²) in [6.45, 7) is 0.148. The molecule has 2 heteroatoms. The minimum Gasteiger partial charge on any atom is -0.376 e. The van der Waals surface area contributed by atoms with E-state index < -0.39 is 0 Å². The van der Waals surface area contributed by atoms with Crippen LogP contribution in [0.25, 0.3) is 43.8 Å². The van der Waals surface area contributed by atoms with E-state index in [1.165, 1.54) is 66.1 Å². The number of anilines is 2. The second kappa shape index (κ2) is 6.62. The normalized spacial score (nSPS) is 13.2. The Hall–Kier alpha value is -4.30. The molecule has 2 aliphatic heterocycles. The Kier molecular flexibility index (Phi) is 3.54. The number of fused-ring (bicyclic) bond motifs is 15. The van der Waals surface area contributed by atoms with Gasteiger partial charge in [-0.2, -0.15) is 0 Å². The minimum absolute atomic E-state index is 0.148. The van der Waals surface area contributed by atoms with E-state index in [1.54, 1.807) is 0 Å². The number of nitrogens with zero attached hydrogens (tertiary/aromatic N) is 1. The van der Waals surface area contributed by atoms with Crippen molar-refractivity contribution >= 4 is 50.7 Å². The first kappa shape index (κ1) is 18.2. The van der Waals surface area contributed by atoms with Crippen LogP contribution >= 0.6 is 0 Å². The number of hydrogen-bond donors (Lipinski definition) is 0. The van der Waals surface area contributed by atoms with Gasteiger partial charge in [0.1, 0.15) is 0 Å². The molecule has 0 unspecified atom stereocenters. The van der Waals surface area contributed by atoms with Crippen LogP contribution in [-0.2, 0) is 0 Å². The lowest BCUT2D eigenvalue weighted by molar-refractivity contribution is 1.37. The molecule has 0 bridgehead atoms. The Balaban J connectivity index is 1.57. The molecule has 0 fully saturated rings. The number of hydrogen-bond acceptors (Lipinski definition) is 1. The van der Waals surface area contributed by atoms with Gasteiger partial charge in [0, 0.05) is 22.5 Å². The minimum atomic E-state index is 0.148. The van der Waals surface area contributed by atoms with Crippen molar-refractivity contribution in [2.75, 3.05) is 4.81 Å². The maximum atomic E-state index is 2.59. The van der Waals surface area contributed by atoms with E-state index in [1.807, 2.05) is 0 Å². The van der Waals surface area contributed by atoms with Crippen molar-refractivity contribution in [2.45, 2.75) is 0 Å². The molecule has 6 aromatic rings. The van der Waals surface area contributed by atoms with Crippen LogP contribution in [0.4, 0.5) is 11.4 Å². The highest BCUT2D eigenvalue weighted by Gasteiger charge is 2.42. The van der Waals surface area contributed by atoms with Crippen molar-refractivity contribution in [3.63, 3.8) is 0 Å². The summed E-state index contributed by atoms with van der Waals surface area (Å²) in [5, 5.41) is 5.19. The molecule has 156 valence electrons. The van der Waals surface area contributed by atoms with E-state index >= 15 is 0 Å². The van der Waals surface area contributed by atoms with E-state index in [9.17, 15) is 0 Å². The molecular formula is C32H20BN. The summed E-state index contributed by atoms with van der Waals surface area (Å²) in [5.74, 6) is 0. The van der Waals surface area contributed by atoms with Gasteiger partial charge >= 0.3 is 6.85 Å². The quantitative estimate of drug-likeness (QED) is 0.238. The maximum absolute atomic E-state index is 2.59. The van der Waals surface area contributed by atoms with Crippen LogP contribution in [-0.4, -0.2) is 6.85 Å². The fourth-order valence-electron chi connectivity index (χ4n) is 6.27. The van der Waals surface area contributed by atoms with Crippen molar-refractivity contribution in [1.29, 1.82) is 0 Å². The zero-order valence-corrected chi connectivity index (χ0v) is 18.6. The molecule has 2 aliphatic rings. The van der Waals surface area contributed by atoms with E-state index in [0.29, 0.717) is 0 Å². The summed E-state index contributed by atoms with van der Waals surface area (Å²) in [4.78, 5) is 2.59. The molecule has 0 aliphatic carbocycles. The monoisotopic (exact) mass is 429 g/mol. The van der Waals surface area contributed by atoms with Crippen molar-refractivity contribution < 1.29 is 0 Å². The zero-order valence-electron chi connectivity index (χ0n) is 18.6. The summed E-state index contributed by atoms with van der Waals surface area (Å²) in [7, 11) is 0. The Morgan fingerprint density at radius 3 is 1.38 bits per heavy atom. The van der Waals surface area contributed by atoms with E-state index in [2.05, 4.69) is 126 Å². The molecule has 0 aromatic heterocycles. The lowest BCUT2D eigenvalue weighted by Gasteiger charge is -2.44. The first-order chi connectivity index (χ1) is 16.9. The second-order valence-corrected chi connectivity index (χ2v) is 9.31. The van der Waals surface area contributed by atoms with E-state index in [4.69, 9.17) is 0 Å². The molecule has 1 nitrogen and oxygen atoms in total. The molecule has 0 saturated heterocycles. The van der Waals surface area contributed by atoms with Gasteiger partial charge in [0.15, 0.2) is 0 Å². The highest BCUT2D eigenvalue weighted by atomic mass is 15.1. The molecule has 8 rings (SSSR count). The molecule has 0 saturated carbocycles. The third kappa shape index (κ3) is 2.25. The molecule has 6 aromatic carbocycles. The molecule has 34 heavy (non-hydrogen) atoms. The molecule has 0 N–H and O–H groups in total. The van der Waals surface area contributed by atoms with Crippen molar-refractivity contribution in [3.8, 4) is 22.3 Å². The summed E-state index contributed by atoms with van der Waals surface area (Å²) in [5.41, 5.74) is 10.7. The van der Waals surface area contributed by atoms with Crippen LogP contribution < -0.4 is 15.7 Å². The molecular weight excluding hydrogens is 409 g/mol. The van der Waals surface area contributed by atoms with Crippen LogP contribution in [0.5, 0.6) is 0 Å². The zero-order chi connectivity index (χ0) is 22.2. The van der Waals surface area contributed by atoms with Gasteiger partial charge < -0.3 is 4.81 Å². The molecule has 2 heterocycles. The summed E-state index contributed by atoms with van der Waals surface area (Å²) < 4.78 is 0. The predicted octanol–water partition coefficient (Wildman–Crippen LogP) is 6.90. The fraction of sp³-hybridized carbons (Fsp3) is 0. The van der Waals surface area contributed by atoms with Crippen LogP contribution in [0.3, 0.4) is 0 Å².